The third kappa shape index (κ3) is 5.42. The van der Waals surface area contributed by atoms with Gasteiger partial charge in [-0.3, -0.25) is 4.90 Å². The zero-order valence-electron chi connectivity index (χ0n) is 16.5. The Morgan fingerprint density at radius 1 is 1.07 bits per heavy atom. The number of morpholine rings is 1. The second kappa shape index (κ2) is 9.67. The van der Waals surface area contributed by atoms with Crippen LogP contribution in [-0.4, -0.2) is 71.3 Å². The number of nitrogens with one attached hydrogen (secondary N) is 1. The number of hydrogen-bond acceptors (Lipinski definition) is 6. The first-order valence-electron chi connectivity index (χ1n) is 10.2. The summed E-state index contributed by atoms with van der Waals surface area (Å²) in [6, 6.07) is 10.1. The minimum Gasteiger partial charge on any atom is -0.460 e. The van der Waals surface area contributed by atoms with Crippen LogP contribution in [0.3, 0.4) is 0 Å². The summed E-state index contributed by atoms with van der Waals surface area (Å²) in [5.41, 5.74) is 2.00. The number of para-hydroxylation sites is 1. The van der Waals surface area contributed by atoms with Crippen molar-refractivity contribution in [3.63, 3.8) is 0 Å². The summed E-state index contributed by atoms with van der Waals surface area (Å²) < 4.78 is 11.2. The van der Waals surface area contributed by atoms with Crippen molar-refractivity contribution >= 4 is 11.7 Å². The van der Waals surface area contributed by atoms with Crippen LogP contribution in [0.15, 0.2) is 42.7 Å². The SMILES string of the molecule is O=C(Nc1ccccc1CN1CCOCC1)N1CCC(Oc2ncccn2)CC1. The smallest absolute Gasteiger partial charge is 0.321 e. The van der Waals surface area contributed by atoms with Crippen LogP contribution in [0.25, 0.3) is 0 Å². The monoisotopic (exact) mass is 397 g/mol. The topological polar surface area (TPSA) is 79.8 Å². The first-order chi connectivity index (χ1) is 14.3. The highest BCUT2D eigenvalue weighted by Crippen LogP contribution is 2.20. The number of aromatic nitrogens is 2. The van der Waals surface area contributed by atoms with Gasteiger partial charge in [0, 0.05) is 63.6 Å². The molecule has 2 fully saturated rings. The van der Waals surface area contributed by atoms with Crippen molar-refractivity contribution in [2.24, 2.45) is 0 Å². The fourth-order valence-electron chi connectivity index (χ4n) is 3.65. The lowest BCUT2D eigenvalue weighted by atomic mass is 10.1. The lowest BCUT2D eigenvalue weighted by Crippen LogP contribution is -2.44. The summed E-state index contributed by atoms with van der Waals surface area (Å²) in [6.07, 6.45) is 4.90. The lowest BCUT2D eigenvalue weighted by molar-refractivity contribution is 0.0342. The Balaban J connectivity index is 1.30. The molecule has 0 atom stereocenters. The van der Waals surface area contributed by atoms with Crippen molar-refractivity contribution in [3.05, 3.63) is 48.3 Å². The minimum absolute atomic E-state index is 0.0371. The number of ether oxygens (including phenoxy) is 2. The molecule has 2 aliphatic rings. The summed E-state index contributed by atoms with van der Waals surface area (Å²) in [4.78, 5) is 25.2. The van der Waals surface area contributed by atoms with Gasteiger partial charge in [0.25, 0.3) is 0 Å². The Bertz CT molecular complexity index is 790. The molecular formula is C21H27N5O3. The molecule has 8 heteroatoms. The number of hydrogen-bond donors (Lipinski definition) is 1. The fraction of sp³-hybridized carbons (Fsp3) is 0.476. The Labute approximate surface area is 170 Å². The summed E-state index contributed by atoms with van der Waals surface area (Å²) in [7, 11) is 0. The van der Waals surface area contributed by atoms with E-state index < -0.39 is 0 Å². The summed E-state index contributed by atoms with van der Waals surface area (Å²) >= 11 is 0. The Morgan fingerprint density at radius 3 is 2.55 bits per heavy atom. The Kier molecular flexibility index (Phi) is 6.53. The average molecular weight is 397 g/mol. The second-order valence-corrected chi connectivity index (χ2v) is 7.31. The third-order valence-electron chi connectivity index (χ3n) is 5.30. The largest absolute Gasteiger partial charge is 0.460 e. The molecule has 0 bridgehead atoms. The molecule has 2 aromatic rings. The van der Waals surface area contributed by atoms with Gasteiger partial charge < -0.3 is 19.7 Å². The van der Waals surface area contributed by atoms with Gasteiger partial charge in [0.2, 0.25) is 0 Å². The van der Waals surface area contributed by atoms with Crippen LogP contribution in [0.2, 0.25) is 0 Å². The first-order valence-corrected chi connectivity index (χ1v) is 10.2. The van der Waals surface area contributed by atoms with Gasteiger partial charge in [-0.05, 0) is 17.7 Å². The number of benzene rings is 1. The van der Waals surface area contributed by atoms with Crippen LogP contribution in [0.4, 0.5) is 10.5 Å². The van der Waals surface area contributed by atoms with E-state index in [1.807, 2.05) is 23.1 Å². The lowest BCUT2D eigenvalue weighted by Gasteiger charge is -2.32. The number of carbonyl (C=O) groups is 1. The van der Waals surface area contributed by atoms with E-state index >= 15 is 0 Å². The summed E-state index contributed by atoms with van der Waals surface area (Å²) in [5, 5.41) is 3.10. The van der Waals surface area contributed by atoms with Crippen LogP contribution in [-0.2, 0) is 11.3 Å². The number of nitrogens with zero attached hydrogens (tertiary/aromatic N) is 4. The third-order valence-corrected chi connectivity index (χ3v) is 5.30. The molecule has 2 saturated heterocycles. The van der Waals surface area contributed by atoms with E-state index in [2.05, 4.69) is 26.3 Å². The van der Waals surface area contributed by atoms with E-state index in [9.17, 15) is 4.79 Å². The van der Waals surface area contributed by atoms with Crippen molar-refractivity contribution in [3.8, 4) is 6.01 Å². The highest BCUT2D eigenvalue weighted by atomic mass is 16.5. The molecule has 29 heavy (non-hydrogen) atoms. The molecule has 4 rings (SSSR count). The van der Waals surface area contributed by atoms with Crippen LogP contribution in [0, 0.1) is 0 Å². The normalized spacial score (nSPS) is 18.4. The molecule has 0 radical (unpaired) electrons. The highest BCUT2D eigenvalue weighted by Gasteiger charge is 2.25. The first kappa shape index (κ1) is 19.6. The summed E-state index contributed by atoms with van der Waals surface area (Å²) in [6.45, 7) is 5.47. The van der Waals surface area contributed by atoms with Gasteiger partial charge in [0.1, 0.15) is 6.10 Å². The van der Waals surface area contributed by atoms with E-state index in [1.165, 1.54) is 0 Å². The Morgan fingerprint density at radius 2 is 1.79 bits per heavy atom. The zero-order valence-corrected chi connectivity index (χ0v) is 16.5. The molecule has 3 heterocycles. The minimum atomic E-state index is -0.0613. The van der Waals surface area contributed by atoms with Gasteiger partial charge >= 0.3 is 12.0 Å². The van der Waals surface area contributed by atoms with E-state index in [0.29, 0.717) is 19.1 Å². The van der Waals surface area contributed by atoms with E-state index in [4.69, 9.17) is 9.47 Å². The second-order valence-electron chi connectivity index (χ2n) is 7.31. The van der Waals surface area contributed by atoms with Gasteiger partial charge in [-0.25, -0.2) is 14.8 Å². The average Bonchev–Trinajstić information content (AvgIpc) is 2.77. The quantitative estimate of drug-likeness (QED) is 0.835. The molecule has 2 amide bonds. The van der Waals surface area contributed by atoms with Gasteiger partial charge in [-0.2, -0.15) is 0 Å². The van der Waals surface area contributed by atoms with Crippen molar-refractivity contribution in [1.82, 2.24) is 19.8 Å². The predicted octanol–water partition coefficient (Wildman–Crippen LogP) is 2.38. The van der Waals surface area contributed by atoms with Crippen molar-refractivity contribution in [2.45, 2.75) is 25.5 Å². The molecule has 154 valence electrons. The summed E-state index contributed by atoms with van der Waals surface area (Å²) in [5.74, 6) is 0. The van der Waals surface area contributed by atoms with E-state index in [-0.39, 0.29) is 12.1 Å². The van der Waals surface area contributed by atoms with Gasteiger partial charge in [0.05, 0.1) is 13.2 Å². The van der Waals surface area contributed by atoms with Crippen molar-refractivity contribution < 1.29 is 14.3 Å². The van der Waals surface area contributed by atoms with Crippen LogP contribution >= 0.6 is 0 Å². The number of carbonyl (C=O) groups excluding carboxylic acids is 1. The van der Waals surface area contributed by atoms with Crippen molar-refractivity contribution in [1.29, 1.82) is 0 Å². The van der Waals surface area contributed by atoms with Crippen LogP contribution in [0.1, 0.15) is 18.4 Å². The fourth-order valence-corrected chi connectivity index (χ4v) is 3.65. The van der Waals surface area contributed by atoms with Gasteiger partial charge in [-0.1, -0.05) is 18.2 Å². The molecule has 1 aromatic heterocycles. The number of piperidine rings is 1. The van der Waals surface area contributed by atoms with Gasteiger partial charge in [-0.15, -0.1) is 0 Å². The molecule has 8 nitrogen and oxygen atoms in total. The number of likely N-dealkylation sites (tertiary alicyclic amines) is 1. The highest BCUT2D eigenvalue weighted by molar-refractivity contribution is 5.90. The standard InChI is InChI=1S/C21H27N5O3/c27-21(26-10-6-18(7-11-26)29-20-22-8-3-9-23-20)24-19-5-2-1-4-17(19)16-25-12-14-28-15-13-25/h1-5,8-9,18H,6-7,10-16H2,(H,24,27). The van der Waals surface area contributed by atoms with E-state index in [0.717, 1.165) is 56.9 Å². The number of rotatable bonds is 5. The molecule has 0 unspecified atom stereocenters. The number of urea groups is 1. The molecule has 0 spiro atoms. The molecule has 1 N–H and O–H groups in total. The maximum absolute atomic E-state index is 12.8. The maximum Gasteiger partial charge on any atom is 0.321 e. The molecule has 0 saturated carbocycles. The van der Waals surface area contributed by atoms with Crippen LogP contribution < -0.4 is 10.1 Å². The zero-order chi connectivity index (χ0) is 19.9. The molecule has 1 aromatic carbocycles. The van der Waals surface area contributed by atoms with Crippen LogP contribution in [0.5, 0.6) is 6.01 Å². The maximum atomic E-state index is 12.8. The molecular weight excluding hydrogens is 370 g/mol. The van der Waals surface area contributed by atoms with Crippen molar-refractivity contribution in [2.75, 3.05) is 44.7 Å². The van der Waals surface area contributed by atoms with Gasteiger partial charge in [0.15, 0.2) is 0 Å². The predicted molar refractivity (Wildman–Crippen MR) is 109 cm³/mol. The molecule has 2 aliphatic heterocycles. The number of amides is 2. The van der Waals surface area contributed by atoms with E-state index in [1.54, 1.807) is 18.5 Å². The molecule has 0 aliphatic carbocycles. The number of anilines is 1. The Hall–Kier alpha value is -2.71.